The van der Waals surface area contributed by atoms with Crippen LogP contribution in [-0.2, 0) is 14.4 Å². The minimum Gasteiger partial charge on any atom is -0.480 e. The normalized spacial score (nSPS) is 24.1. The Labute approximate surface area is 258 Å². The zero-order valence-corrected chi connectivity index (χ0v) is 24.4. The van der Waals surface area contributed by atoms with Crippen LogP contribution in [-0.4, -0.2) is 57.7 Å². The first-order chi connectivity index (χ1) is 21.3. The third kappa shape index (κ3) is 7.69. The zero-order chi connectivity index (χ0) is 34.2. The highest BCUT2D eigenvalue weighted by Crippen LogP contribution is 2.52. The Balaban J connectivity index is 0.000000617. The first kappa shape index (κ1) is 34.1. The lowest BCUT2D eigenvalue weighted by Gasteiger charge is -2.38. The smallest absolute Gasteiger partial charge is 0.480 e. The fourth-order valence-electron chi connectivity index (χ4n) is 5.53. The number of halogens is 6. The van der Waals surface area contributed by atoms with E-state index in [1.807, 2.05) is 0 Å². The van der Waals surface area contributed by atoms with Gasteiger partial charge < -0.3 is 20.9 Å². The van der Waals surface area contributed by atoms with E-state index in [4.69, 9.17) is 20.4 Å². The second kappa shape index (κ2) is 12.5. The van der Waals surface area contributed by atoms with Gasteiger partial charge in [-0.15, -0.1) is 0 Å². The molecule has 1 unspecified atom stereocenters. The highest BCUT2D eigenvalue weighted by molar-refractivity contribution is 5.99. The predicted molar refractivity (Wildman–Crippen MR) is 149 cm³/mol. The highest BCUT2D eigenvalue weighted by atomic mass is 19.4. The topological polar surface area (TPSA) is 158 Å². The largest absolute Gasteiger partial charge is 0.490 e. The molecule has 16 heteroatoms. The van der Waals surface area contributed by atoms with Gasteiger partial charge in [-0.1, -0.05) is 30.3 Å². The summed E-state index contributed by atoms with van der Waals surface area (Å²) in [6, 6.07) is 13.6. The maximum Gasteiger partial charge on any atom is 0.490 e. The Morgan fingerprint density at radius 1 is 1.11 bits per heavy atom. The standard InChI is InChI=1S/C28H28F3N5O3.C2HF3O2/c1-27(2)13-23(37)36(26(33)35-27)24(16-9-7-15(14-32)8-10-16)18-11-19(18)25(38)34-20-12-22(28(29,30)31)39-21-6-4-3-5-17(20)21;3-2(4,5)1(6)7/h3-10,18-20,22,24H,11-13H2,1-2H3,(H2,33,35)(H,34,38);(H,6,7)/t18-,19-,20+,22-,24?;/m1./s1. The molecule has 246 valence electrons. The lowest BCUT2D eigenvalue weighted by molar-refractivity contribution is -0.201. The molecule has 5 rings (SSSR count). The van der Waals surface area contributed by atoms with Crippen LogP contribution in [0.25, 0.3) is 0 Å². The number of rotatable bonds is 5. The molecule has 0 spiro atoms. The van der Waals surface area contributed by atoms with Crippen molar-refractivity contribution in [1.29, 1.82) is 5.26 Å². The summed E-state index contributed by atoms with van der Waals surface area (Å²) in [5.74, 6) is -4.16. The SMILES string of the molecule is CC1(C)CC(=O)N(C(c2ccc(C#N)cc2)[C@@H]2C[C@H]2C(=O)N[C@H]2C[C@H](C(F)(F)F)Oc3ccccc32)C(N)=N1.O=C(O)C(F)(F)F. The number of hydrogen-bond donors (Lipinski definition) is 3. The summed E-state index contributed by atoms with van der Waals surface area (Å²) in [5, 5.41) is 19.1. The minimum absolute atomic E-state index is 0.0445. The number of nitrogens with one attached hydrogen (secondary N) is 1. The number of carbonyl (C=O) groups excluding carboxylic acids is 2. The van der Waals surface area contributed by atoms with E-state index < -0.39 is 60.3 Å². The first-order valence-corrected chi connectivity index (χ1v) is 13.9. The van der Waals surface area contributed by atoms with E-state index in [2.05, 4.69) is 16.4 Å². The van der Waals surface area contributed by atoms with Crippen molar-refractivity contribution < 1.29 is 50.6 Å². The molecular formula is C30H29F6N5O5. The van der Waals surface area contributed by atoms with Crippen LogP contribution in [0.1, 0.15) is 61.9 Å². The van der Waals surface area contributed by atoms with Crippen LogP contribution in [0.15, 0.2) is 53.5 Å². The van der Waals surface area contributed by atoms with Crippen LogP contribution in [0.5, 0.6) is 5.75 Å². The van der Waals surface area contributed by atoms with Crippen LogP contribution in [0.3, 0.4) is 0 Å². The summed E-state index contributed by atoms with van der Waals surface area (Å²) < 4.78 is 77.5. The van der Waals surface area contributed by atoms with Crippen LogP contribution >= 0.6 is 0 Å². The number of ether oxygens (including phenoxy) is 1. The average Bonchev–Trinajstić information content (AvgIpc) is 3.74. The molecule has 1 saturated carbocycles. The molecule has 2 amide bonds. The molecule has 0 saturated heterocycles. The molecule has 2 heterocycles. The Bertz CT molecular complexity index is 1570. The van der Waals surface area contributed by atoms with Gasteiger partial charge in [0.1, 0.15) is 5.75 Å². The fourth-order valence-corrected chi connectivity index (χ4v) is 5.53. The number of nitrogens with zero attached hydrogens (tertiary/aromatic N) is 3. The molecule has 0 aromatic heterocycles. The maximum atomic E-state index is 13.5. The number of carboxylic acids is 1. The van der Waals surface area contributed by atoms with Crippen LogP contribution in [0, 0.1) is 23.2 Å². The van der Waals surface area contributed by atoms with Gasteiger partial charge in [-0.25, -0.2) is 9.79 Å². The molecule has 2 aromatic rings. The van der Waals surface area contributed by atoms with Crippen molar-refractivity contribution in [2.24, 2.45) is 22.6 Å². The quantitative estimate of drug-likeness (QED) is 0.393. The van der Waals surface area contributed by atoms with Crippen LogP contribution in [0.2, 0.25) is 0 Å². The summed E-state index contributed by atoms with van der Waals surface area (Å²) in [6.45, 7) is 3.61. The van der Waals surface area contributed by atoms with Gasteiger partial charge in [0.2, 0.25) is 11.8 Å². The second-order valence-corrected chi connectivity index (χ2v) is 11.7. The van der Waals surface area contributed by atoms with Crippen molar-refractivity contribution in [3.05, 3.63) is 65.2 Å². The lowest BCUT2D eigenvalue weighted by Crippen LogP contribution is -2.52. The van der Waals surface area contributed by atoms with Crippen molar-refractivity contribution in [1.82, 2.24) is 10.2 Å². The third-order valence-corrected chi connectivity index (χ3v) is 7.70. The van der Waals surface area contributed by atoms with E-state index in [0.29, 0.717) is 23.1 Å². The summed E-state index contributed by atoms with van der Waals surface area (Å²) in [5.41, 5.74) is 7.21. The van der Waals surface area contributed by atoms with Gasteiger partial charge in [0.15, 0.2) is 12.1 Å². The van der Waals surface area contributed by atoms with Gasteiger partial charge in [0, 0.05) is 17.9 Å². The summed E-state index contributed by atoms with van der Waals surface area (Å²) in [6.07, 6.45) is -11.6. The number of hydrogen-bond acceptors (Lipinski definition) is 7. The van der Waals surface area contributed by atoms with E-state index in [1.165, 1.54) is 11.0 Å². The molecule has 3 aliphatic rings. The predicted octanol–water partition coefficient (Wildman–Crippen LogP) is 4.77. The van der Waals surface area contributed by atoms with Gasteiger partial charge in [0.05, 0.1) is 35.7 Å². The van der Waals surface area contributed by atoms with Gasteiger partial charge in [0.25, 0.3) is 0 Å². The van der Waals surface area contributed by atoms with Gasteiger partial charge in [-0.05, 0) is 49.9 Å². The molecule has 0 radical (unpaired) electrons. The number of nitriles is 1. The summed E-state index contributed by atoms with van der Waals surface area (Å²) >= 11 is 0. The molecule has 46 heavy (non-hydrogen) atoms. The molecule has 1 aliphatic carbocycles. The zero-order valence-electron chi connectivity index (χ0n) is 24.4. The monoisotopic (exact) mass is 653 g/mol. The number of guanidine groups is 1. The number of fused-ring (bicyclic) bond motifs is 1. The highest BCUT2D eigenvalue weighted by Gasteiger charge is 2.54. The molecule has 4 N–H and O–H groups in total. The number of amides is 2. The molecule has 5 atom stereocenters. The molecule has 1 fully saturated rings. The molecular weight excluding hydrogens is 624 g/mol. The van der Waals surface area contributed by atoms with E-state index in [-0.39, 0.29) is 30.0 Å². The van der Waals surface area contributed by atoms with E-state index in [1.54, 1.807) is 56.3 Å². The lowest BCUT2D eigenvalue weighted by atomic mass is 9.93. The number of carboxylic acid groups (broad SMARTS) is 1. The van der Waals surface area contributed by atoms with Crippen molar-refractivity contribution >= 4 is 23.7 Å². The Morgan fingerprint density at radius 2 is 1.72 bits per heavy atom. The average molecular weight is 654 g/mol. The number of aliphatic imine (C=N–C) groups is 1. The van der Waals surface area contributed by atoms with Crippen molar-refractivity contribution in [2.75, 3.05) is 0 Å². The molecule has 2 aliphatic heterocycles. The Kier molecular flexibility index (Phi) is 9.28. The van der Waals surface area contributed by atoms with E-state index >= 15 is 0 Å². The van der Waals surface area contributed by atoms with E-state index in [9.17, 15) is 41.2 Å². The fraction of sp³-hybridized carbons (Fsp3) is 0.433. The van der Waals surface area contributed by atoms with Gasteiger partial charge >= 0.3 is 18.3 Å². The van der Waals surface area contributed by atoms with Crippen molar-refractivity contribution in [3.8, 4) is 11.8 Å². The van der Waals surface area contributed by atoms with Crippen molar-refractivity contribution in [2.45, 2.75) is 69.2 Å². The van der Waals surface area contributed by atoms with Crippen LogP contribution < -0.4 is 15.8 Å². The third-order valence-electron chi connectivity index (χ3n) is 7.70. The van der Waals surface area contributed by atoms with Gasteiger partial charge in [-0.2, -0.15) is 31.6 Å². The minimum atomic E-state index is -5.08. The Morgan fingerprint density at radius 3 is 2.26 bits per heavy atom. The maximum absolute atomic E-state index is 13.5. The number of aliphatic carboxylic acids is 1. The van der Waals surface area contributed by atoms with Crippen molar-refractivity contribution in [3.63, 3.8) is 0 Å². The molecule has 2 aromatic carbocycles. The number of para-hydroxylation sites is 1. The number of alkyl halides is 6. The number of carbonyl (C=O) groups is 3. The number of nitrogens with two attached hydrogens (primary N) is 1. The molecule has 0 bridgehead atoms. The van der Waals surface area contributed by atoms with Gasteiger partial charge in [-0.3, -0.25) is 14.5 Å². The Hall–Kier alpha value is -4.81. The summed E-state index contributed by atoms with van der Waals surface area (Å²) in [4.78, 5) is 41.4. The number of benzene rings is 2. The first-order valence-electron chi connectivity index (χ1n) is 13.9. The summed E-state index contributed by atoms with van der Waals surface area (Å²) in [7, 11) is 0. The van der Waals surface area contributed by atoms with Crippen LogP contribution in [0.4, 0.5) is 26.3 Å². The van der Waals surface area contributed by atoms with E-state index in [0.717, 1.165) is 0 Å². The molecule has 10 nitrogen and oxygen atoms in total. The second-order valence-electron chi connectivity index (χ2n) is 11.7.